The molecule has 0 amide bonds. The number of fused-ring (bicyclic) bond motifs is 1. The van der Waals surface area contributed by atoms with Crippen LogP contribution < -0.4 is 15.8 Å². The van der Waals surface area contributed by atoms with Crippen LogP contribution in [0, 0.1) is 21.4 Å². The third-order valence-corrected chi connectivity index (χ3v) is 5.92. The fraction of sp³-hybridized carbons (Fsp3) is 0.214. The van der Waals surface area contributed by atoms with Crippen molar-refractivity contribution in [1.82, 2.24) is 0 Å². The number of thiophene rings is 1. The number of sulfonamides is 1. The van der Waals surface area contributed by atoms with Gasteiger partial charge in [-0.15, -0.1) is 11.3 Å². The first-order chi connectivity index (χ1) is 11.7. The minimum Gasteiger partial charge on any atom is -0.389 e. The Kier molecular flexibility index (Phi) is 4.11. The molecule has 0 atom stereocenters. The van der Waals surface area contributed by atoms with Crippen LogP contribution in [-0.4, -0.2) is 19.9 Å². The molecular formula is C14H13N5O4S2. The molecule has 0 aliphatic carbocycles. The van der Waals surface area contributed by atoms with Gasteiger partial charge in [0, 0.05) is 29.2 Å². The lowest BCUT2D eigenvalue weighted by atomic mass is 10.0. The molecule has 3 rings (SSSR count). The Morgan fingerprint density at radius 1 is 1.36 bits per heavy atom. The van der Waals surface area contributed by atoms with Gasteiger partial charge in [0.15, 0.2) is 0 Å². The number of nitro benzene ring substituents is 1. The van der Waals surface area contributed by atoms with Gasteiger partial charge in [0.2, 0.25) is 10.0 Å². The molecule has 0 saturated heterocycles. The van der Waals surface area contributed by atoms with Crippen LogP contribution in [-0.2, 0) is 23.0 Å². The van der Waals surface area contributed by atoms with Crippen molar-refractivity contribution in [2.24, 2.45) is 5.14 Å². The fourth-order valence-electron chi connectivity index (χ4n) is 2.79. The van der Waals surface area contributed by atoms with E-state index in [1.807, 2.05) is 0 Å². The van der Waals surface area contributed by atoms with E-state index >= 15 is 0 Å². The number of anilines is 2. The number of rotatable bonds is 3. The predicted octanol–water partition coefficient (Wildman–Crippen LogP) is 1.32. The predicted molar refractivity (Wildman–Crippen MR) is 92.7 cm³/mol. The molecule has 4 N–H and O–H groups in total. The number of nitrogens with zero attached hydrogens (tertiary/aromatic N) is 3. The quantitative estimate of drug-likeness (QED) is 0.601. The van der Waals surface area contributed by atoms with Crippen molar-refractivity contribution in [1.29, 1.82) is 5.26 Å². The molecule has 130 valence electrons. The van der Waals surface area contributed by atoms with E-state index in [-0.39, 0.29) is 10.6 Å². The van der Waals surface area contributed by atoms with Gasteiger partial charge in [-0.05, 0) is 18.1 Å². The maximum atomic E-state index is 11.6. The SMILES string of the molecule is N#Cc1c(N)sc2c1CCN(c1cc([N+](=O)[O-])cc(S(N)(=O)=O)c1)C2. The zero-order valence-corrected chi connectivity index (χ0v) is 14.4. The minimum absolute atomic E-state index is 0.314. The fourth-order valence-corrected chi connectivity index (χ4v) is 4.44. The van der Waals surface area contributed by atoms with Gasteiger partial charge in [0.25, 0.3) is 5.69 Å². The number of nitrogens with two attached hydrogens (primary N) is 2. The van der Waals surface area contributed by atoms with Gasteiger partial charge in [0.05, 0.1) is 21.9 Å². The summed E-state index contributed by atoms with van der Waals surface area (Å²) < 4.78 is 23.2. The highest BCUT2D eigenvalue weighted by Crippen LogP contribution is 2.37. The Labute approximate surface area is 147 Å². The van der Waals surface area contributed by atoms with Crippen LogP contribution in [0.3, 0.4) is 0 Å². The second-order valence-electron chi connectivity index (χ2n) is 5.51. The van der Waals surface area contributed by atoms with E-state index in [0.717, 1.165) is 16.5 Å². The normalized spacial score (nSPS) is 14.0. The monoisotopic (exact) mass is 379 g/mol. The van der Waals surface area contributed by atoms with Crippen LogP contribution in [0.5, 0.6) is 0 Å². The molecule has 25 heavy (non-hydrogen) atoms. The van der Waals surface area contributed by atoms with Crippen molar-refractivity contribution in [3.63, 3.8) is 0 Å². The molecule has 9 nitrogen and oxygen atoms in total. The molecule has 1 aliphatic rings. The highest BCUT2D eigenvalue weighted by Gasteiger charge is 2.26. The van der Waals surface area contributed by atoms with Gasteiger partial charge in [-0.3, -0.25) is 10.1 Å². The molecule has 11 heteroatoms. The van der Waals surface area contributed by atoms with Crippen LogP contribution in [0.1, 0.15) is 16.0 Å². The molecule has 2 aromatic rings. The maximum Gasteiger partial charge on any atom is 0.272 e. The average Bonchev–Trinajstić information content (AvgIpc) is 2.87. The highest BCUT2D eigenvalue weighted by molar-refractivity contribution is 7.89. The molecule has 0 saturated carbocycles. The molecule has 0 fully saturated rings. The number of nitriles is 1. The summed E-state index contributed by atoms with van der Waals surface area (Å²) in [6.45, 7) is 0.861. The first-order valence-corrected chi connectivity index (χ1v) is 9.44. The van der Waals surface area contributed by atoms with E-state index in [9.17, 15) is 23.8 Å². The van der Waals surface area contributed by atoms with E-state index < -0.39 is 14.9 Å². The molecule has 0 radical (unpaired) electrons. The van der Waals surface area contributed by atoms with E-state index in [1.54, 1.807) is 4.90 Å². The zero-order chi connectivity index (χ0) is 18.4. The van der Waals surface area contributed by atoms with E-state index in [2.05, 4.69) is 6.07 Å². The molecule has 0 spiro atoms. The lowest BCUT2D eigenvalue weighted by Crippen LogP contribution is -2.30. The van der Waals surface area contributed by atoms with Gasteiger partial charge in [-0.2, -0.15) is 5.26 Å². The van der Waals surface area contributed by atoms with Crippen LogP contribution >= 0.6 is 11.3 Å². The van der Waals surface area contributed by atoms with Gasteiger partial charge in [-0.1, -0.05) is 0 Å². The highest BCUT2D eigenvalue weighted by atomic mass is 32.2. The Morgan fingerprint density at radius 3 is 2.68 bits per heavy atom. The van der Waals surface area contributed by atoms with Crippen molar-refractivity contribution in [2.45, 2.75) is 17.9 Å². The largest absolute Gasteiger partial charge is 0.389 e. The first kappa shape index (κ1) is 17.2. The Hall–Kier alpha value is -2.68. The van der Waals surface area contributed by atoms with Crippen LogP contribution in [0.25, 0.3) is 0 Å². The van der Waals surface area contributed by atoms with Crippen LogP contribution in [0.2, 0.25) is 0 Å². The minimum atomic E-state index is -4.08. The summed E-state index contributed by atoms with van der Waals surface area (Å²) in [5.41, 5.74) is 7.25. The lowest BCUT2D eigenvalue weighted by molar-refractivity contribution is -0.385. The number of nitrogen functional groups attached to an aromatic ring is 1. The lowest BCUT2D eigenvalue weighted by Gasteiger charge is -2.29. The summed E-state index contributed by atoms with van der Waals surface area (Å²) in [5.74, 6) is 0. The van der Waals surface area contributed by atoms with Crippen LogP contribution in [0.15, 0.2) is 23.1 Å². The summed E-state index contributed by atoms with van der Waals surface area (Å²) in [5, 5.41) is 25.8. The smallest absolute Gasteiger partial charge is 0.272 e. The second-order valence-corrected chi connectivity index (χ2v) is 8.21. The summed E-state index contributed by atoms with van der Waals surface area (Å²) in [7, 11) is -4.08. The molecule has 1 aromatic carbocycles. The van der Waals surface area contributed by atoms with Gasteiger partial charge < -0.3 is 10.6 Å². The van der Waals surface area contributed by atoms with Crippen molar-refractivity contribution in [3.8, 4) is 6.07 Å². The van der Waals surface area contributed by atoms with Crippen molar-refractivity contribution >= 4 is 37.7 Å². The molecule has 2 heterocycles. The summed E-state index contributed by atoms with van der Waals surface area (Å²) in [4.78, 5) is 12.8. The third kappa shape index (κ3) is 3.14. The first-order valence-electron chi connectivity index (χ1n) is 7.08. The van der Waals surface area contributed by atoms with E-state index in [4.69, 9.17) is 10.9 Å². The van der Waals surface area contributed by atoms with E-state index in [0.29, 0.717) is 35.8 Å². The van der Waals surface area contributed by atoms with Gasteiger partial charge in [0.1, 0.15) is 11.1 Å². The number of hydrogen-bond donors (Lipinski definition) is 2. The molecule has 1 aliphatic heterocycles. The molecule has 0 unspecified atom stereocenters. The average molecular weight is 379 g/mol. The summed E-state index contributed by atoms with van der Waals surface area (Å²) in [6, 6.07) is 5.65. The van der Waals surface area contributed by atoms with E-state index in [1.165, 1.54) is 23.5 Å². The van der Waals surface area contributed by atoms with Gasteiger partial charge >= 0.3 is 0 Å². The van der Waals surface area contributed by atoms with Crippen molar-refractivity contribution in [3.05, 3.63) is 44.3 Å². The maximum absolute atomic E-state index is 11.6. The van der Waals surface area contributed by atoms with Gasteiger partial charge in [-0.25, -0.2) is 13.6 Å². The van der Waals surface area contributed by atoms with Crippen molar-refractivity contribution in [2.75, 3.05) is 17.2 Å². The Balaban J connectivity index is 2.04. The number of benzene rings is 1. The number of primary sulfonamides is 1. The summed E-state index contributed by atoms with van der Waals surface area (Å²) >= 11 is 1.30. The zero-order valence-electron chi connectivity index (χ0n) is 12.8. The number of non-ortho nitro benzene ring substituents is 1. The van der Waals surface area contributed by atoms with Crippen molar-refractivity contribution < 1.29 is 13.3 Å². The Bertz CT molecular complexity index is 1020. The molecular weight excluding hydrogens is 366 g/mol. The number of nitro groups is 1. The second kappa shape index (κ2) is 5.99. The Morgan fingerprint density at radius 2 is 2.08 bits per heavy atom. The topological polar surface area (TPSA) is 156 Å². The summed E-state index contributed by atoms with van der Waals surface area (Å²) in [6.07, 6.45) is 0.541. The third-order valence-electron chi connectivity index (χ3n) is 3.98. The standard InChI is InChI=1S/C14H13N5O4S2/c15-6-12-11-1-2-18(7-13(11)24-14(12)16)8-3-9(19(20)21)5-10(4-8)25(17,22)23/h3-5H,1-2,7,16H2,(H2,17,22,23). The van der Waals surface area contributed by atoms with Crippen LogP contribution in [0.4, 0.5) is 16.4 Å². The number of hydrogen-bond acceptors (Lipinski definition) is 8. The molecule has 0 bridgehead atoms. The molecule has 1 aromatic heterocycles.